The van der Waals surface area contributed by atoms with Gasteiger partial charge in [-0.25, -0.2) is 0 Å². The van der Waals surface area contributed by atoms with Crippen molar-refractivity contribution in [2.75, 3.05) is 0 Å². The van der Waals surface area contributed by atoms with Crippen molar-refractivity contribution in [2.45, 2.75) is 24.7 Å². The van der Waals surface area contributed by atoms with Crippen LogP contribution in [0.3, 0.4) is 0 Å². The number of hydrogen-bond acceptors (Lipinski definition) is 2. The number of ether oxygens (including phenoxy) is 1. The molecule has 0 aromatic rings. The maximum Gasteiger partial charge on any atom is 0.110 e. The fourth-order valence-electron chi connectivity index (χ4n) is 0.861. The molecule has 1 heterocycles. The Balaban J connectivity index is 2.08. The lowest BCUT2D eigenvalue weighted by molar-refractivity contribution is 0.121. The van der Waals surface area contributed by atoms with Crippen molar-refractivity contribution in [2.24, 2.45) is 0 Å². The molecule has 0 amide bonds. The van der Waals surface area contributed by atoms with Crippen LogP contribution in [0.5, 0.6) is 0 Å². The van der Waals surface area contributed by atoms with Crippen molar-refractivity contribution in [1.29, 1.82) is 0 Å². The molecule has 34 valence electrons. The molecular weight excluding hydrogens is 80.0 g/mol. The Morgan fingerprint density at radius 1 is 1.67 bits per heavy atom. The second-order valence-electron chi connectivity index (χ2n) is 1.94. The maximum absolute atomic E-state index is 8.63. The van der Waals surface area contributed by atoms with Gasteiger partial charge in [-0.1, -0.05) is 0 Å². The minimum Gasteiger partial charge on any atom is -0.390 e. The molecule has 3 atom stereocenters. The van der Waals surface area contributed by atoms with Crippen molar-refractivity contribution in [3.63, 3.8) is 0 Å². The van der Waals surface area contributed by atoms with Crippen LogP contribution in [0.4, 0.5) is 0 Å². The first-order valence-corrected chi connectivity index (χ1v) is 2.21. The summed E-state index contributed by atoms with van der Waals surface area (Å²) in [5.74, 6) is 0. The molecule has 0 aromatic heterocycles. The Morgan fingerprint density at radius 3 is 2.50 bits per heavy atom. The summed E-state index contributed by atoms with van der Waals surface area (Å²) in [5, 5.41) is 8.63. The van der Waals surface area contributed by atoms with E-state index in [1.807, 2.05) is 0 Å². The Kier molecular flexibility index (Phi) is 0.316. The van der Waals surface area contributed by atoms with Crippen LogP contribution in [-0.4, -0.2) is 23.4 Å². The minimum atomic E-state index is -0.116. The number of epoxide rings is 1. The molecule has 1 N–H and O–H groups in total. The van der Waals surface area contributed by atoms with Crippen LogP contribution >= 0.6 is 0 Å². The molecule has 0 spiro atoms. The third-order valence-corrected chi connectivity index (χ3v) is 1.47. The predicted octanol–water partition coefficient (Wildman–Crippen LogP) is -0.482. The third kappa shape index (κ3) is 0.172. The van der Waals surface area contributed by atoms with E-state index in [1.54, 1.807) is 0 Å². The molecule has 0 bridgehead atoms. The topological polar surface area (TPSA) is 32.8 Å². The molecule has 1 saturated carbocycles. The molecule has 0 aromatic carbocycles. The summed E-state index contributed by atoms with van der Waals surface area (Å²) in [7, 11) is 0. The van der Waals surface area contributed by atoms with E-state index in [0.29, 0.717) is 6.10 Å². The molecule has 2 fully saturated rings. The molecule has 1 aliphatic carbocycles. The van der Waals surface area contributed by atoms with E-state index in [2.05, 4.69) is 0 Å². The monoisotopic (exact) mass is 86.0 g/mol. The van der Waals surface area contributed by atoms with Crippen molar-refractivity contribution < 1.29 is 9.84 Å². The molecular formula is C4H6O2. The highest BCUT2D eigenvalue weighted by molar-refractivity contribution is 5.03. The van der Waals surface area contributed by atoms with Gasteiger partial charge in [-0.2, -0.15) is 0 Å². The standard InChI is InChI=1S/C4H6O2/c5-2-1-3-4(2)6-3/h2-5H,1H2/t2-,3+,4-/m0/s1. The zero-order valence-corrected chi connectivity index (χ0v) is 3.29. The van der Waals surface area contributed by atoms with Gasteiger partial charge < -0.3 is 9.84 Å². The van der Waals surface area contributed by atoms with Gasteiger partial charge in [0.05, 0.1) is 12.2 Å². The average molecular weight is 86.1 g/mol. The number of hydrogen-bond donors (Lipinski definition) is 1. The second kappa shape index (κ2) is 0.634. The van der Waals surface area contributed by atoms with Crippen LogP contribution < -0.4 is 0 Å². The normalized spacial score (nSPS) is 62.5. The molecule has 0 radical (unpaired) electrons. The van der Waals surface area contributed by atoms with Gasteiger partial charge in [-0.05, 0) is 0 Å². The lowest BCUT2D eigenvalue weighted by atomic mass is 9.97. The minimum absolute atomic E-state index is 0.116. The highest BCUT2D eigenvalue weighted by Gasteiger charge is 2.55. The van der Waals surface area contributed by atoms with Crippen LogP contribution in [-0.2, 0) is 4.74 Å². The van der Waals surface area contributed by atoms with Crippen molar-refractivity contribution in [3.8, 4) is 0 Å². The van der Waals surface area contributed by atoms with E-state index in [0.717, 1.165) is 6.42 Å². The fraction of sp³-hybridized carbons (Fsp3) is 1.00. The van der Waals surface area contributed by atoms with Gasteiger partial charge >= 0.3 is 0 Å². The second-order valence-corrected chi connectivity index (χ2v) is 1.94. The average Bonchev–Trinajstić information content (AvgIpc) is 2.12. The highest BCUT2D eigenvalue weighted by Crippen LogP contribution is 2.41. The van der Waals surface area contributed by atoms with Crippen molar-refractivity contribution >= 4 is 0 Å². The molecule has 1 aliphatic heterocycles. The molecule has 0 unspecified atom stereocenters. The summed E-state index contributed by atoms with van der Waals surface area (Å²) in [5.41, 5.74) is 0. The summed E-state index contributed by atoms with van der Waals surface area (Å²) in [6.07, 6.45) is 1.48. The predicted molar refractivity (Wildman–Crippen MR) is 19.3 cm³/mol. The van der Waals surface area contributed by atoms with Crippen LogP contribution in [0.25, 0.3) is 0 Å². The molecule has 2 aliphatic rings. The third-order valence-electron chi connectivity index (χ3n) is 1.47. The summed E-state index contributed by atoms with van der Waals surface area (Å²) >= 11 is 0. The first-order valence-electron chi connectivity index (χ1n) is 2.21. The van der Waals surface area contributed by atoms with E-state index >= 15 is 0 Å². The smallest absolute Gasteiger partial charge is 0.110 e. The Bertz CT molecular complexity index is 81.6. The van der Waals surface area contributed by atoms with Gasteiger partial charge in [-0.15, -0.1) is 0 Å². The van der Waals surface area contributed by atoms with Gasteiger partial charge in [0.25, 0.3) is 0 Å². The summed E-state index contributed by atoms with van der Waals surface area (Å²) < 4.78 is 4.89. The number of fused-ring (bicyclic) bond motifs is 1. The van der Waals surface area contributed by atoms with Gasteiger partial charge in [0.15, 0.2) is 0 Å². The lowest BCUT2D eigenvalue weighted by Crippen LogP contribution is -2.28. The van der Waals surface area contributed by atoms with Gasteiger partial charge in [0.2, 0.25) is 0 Å². The zero-order valence-electron chi connectivity index (χ0n) is 3.29. The first-order chi connectivity index (χ1) is 2.88. The van der Waals surface area contributed by atoms with E-state index in [1.165, 1.54) is 0 Å². The molecule has 2 rings (SSSR count). The first kappa shape index (κ1) is 2.99. The highest BCUT2D eigenvalue weighted by atomic mass is 16.6. The van der Waals surface area contributed by atoms with Crippen molar-refractivity contribution in [1.82, 2.24) is 0 Å². The van der Waals surface area contributed by atoms with Gasteiger partial charge in [0, 0.05) is 6.42 Å². The maximum atomic E-state index is 8.63. The van der Waals surface area contributed by atoms with Gasteiger partial charge in [-0.3, -0.25) is 0 Å². The Hall–Kier alpha value is -0.0800. The quantitative estimate of drug-likeness (QED) is 0.404. The van der Waals surface area contributed by atoms with Crippen LogP contribution in [0.2, 0.25) is 0 Å². The zero-order chi connectivity index (χ0) is 4.15. The number of rotatable bonds is 0. The number of aliphatic hydroxyl groups excluding tert-OH is 1. The molecule has 2 nitrogen and oxygen atoms in total. The van der Waals surface area contributed by atoms with E-state index < -0.39 is 0 Å². The van der Waals surface area contributed by atoms with E-state index in [9.17, 15) is 0 Å². The molecule has 1 saturated heterocycles. The van der Waals surface area contributed by atoms with Crippen molar-refractivity contribution in [3.05, 3.63) is 0 Å². The SMILES string of the molecule is O[C@H]1C[C@H]2O[C@@H]12. The Morgan fingerprint density at radius 2 is 2.50 bits per heavy atom. The summed E-state index contributed by atoms with van der Waals surface area (Å²) in [6.45, 7) is 0. The lowest BCUT2D eigenvalue weighted by Gasteiger charge is -2.10. The number of aliphatic hydroxyl groups is 1. The Labute approximate surface area is 35.7 Å². The molecule has 2 heteroatoms. The fourth-order valence-corrected chi connectivity index (χ4v) is 0.861. The molecule has 6 heavy (non-hydrogen) atoms. The van der Waals surface area contributed by atoms with Crippen LogP contribution in [0.15, 0.2) is 0 Å². The summed E-state index contributed by atoms with van der Waals surface area (Å²) in [4.78, 5) is 0. The van der Waals surface area contributed by atoms with Gasteiger partial charge in [0.1, 0.15) is 6.10 Å². The van der Waals surface area contributed by atoms with E-state index in [-0.39, 0.29) is 12.2 Å². The van der Waals surface area contributed by atoms with Crippen LogP contribution in [0.1, 0.15) is 6.42 Å². The largest absolute Gasteiger partial charge is 0.390 e. The summed E-state index contributed by atoms with van der Waals surface area (Å²) in [6, 6.07) is 0. The van der Waals surface area contributed by atoms with E-state index in [4.69, 9.17) is 9.84 Å². The van der Waals surface area contributed by atoms with Crippen LogP contribution in [0, 0.1) is 0 Å².